The summed E-state index contributed by atoms with van der Waals surface area (Å²) < 4.78 is 22.5. The maximum atomic E-state index is 11.9. The number of methoxy groups -OCH3 is 1. The summed E-state index contributed by atoms with van der Waals surface area (Å²) in [6, 6.07) is 10.2. The Kier molecular flexibility index (Phi) is 5.99. The van der Waals surface area contributed by atoms with Gasteiger partial charge in [0.2, 0.25) is 5.75 Å². The summed E-state index contributed by atoms with van der Waals surface area (Å²) >= 11 is 1.26. The van der Waals surface area contributed by atoms with Crippen molar-refractivity contribution in [3.63, 3.8) is 0 Å². The Labute approximate surface area is 177 Å². The van der Waals surface area contributed by atoms with Gasteiger partial charge in [-0.2, -0.15) is 5.26 Å². The van der Waals surface area contributed by atoms with Gasteiger partial charge in [-0.25, -0.2) is 9.78 Å². The van der Waals surface area contributed by atoms with Crippen LogP contribution in [0.25, 0.3) is 10.2 Å². The van der Waals surface area contributed by atoms with Gasteiger partial charge in [0.15, 0.2) is 23.1 Å². The van der Waals surface area contributed by atoms with Crippen LogP contribution in [0.15, 0.2) is 30.3 Å². The van der Waals surface area contributed by atoms with E-state index in [1.54, 1.807) is 39.0 Å². The molecule has 30 heavy (non-hydrogen) atoms. The van der Waals surface area contributed by atoms with Gasteiger partial charge in [-0.15, -0.1) is 11.3 Å². The molecule has 0 fully saturated rings. The van der Waals surface area contributed by atoms with Crippen LogP contribution < -0.4 is 14.2 Å². The Morgan fingerprint density at radius 1 is 1.20 bits per heavy atom. The summed E-state index contributed by atoms with van der Waals surface area (Å²) in [5.74, 6) is 0.133. The molecule has 0 amide bonds. The number of benzene rings is 2. The zero-order chi connectivity index (χ0) is 21.9. The van der Waals surface area contributed by atoms with E-state index in [2.05, 4.69) is 4.98 Å². The number of hydrogen-bond acceptors (Lipinski definition) is 9. The molecule has 0 aliphatic rings. The number of aromatic hydroxyl groups is 1. The first-order chi connectivity index (χ1) is 14.2. The van der Waals surface area contributed by atoms with Crippen molar-refractivity contribution in [2.24, 2.45) is 0 Å². The van der Waals surface area contributed by atoms with Crippen LogP contribution in [-0.4, -0.2) is 35.4 Å². The van der Waals surface area contributed by atoms with Crippen molar-refractivity contribution in [1.29, 1.82) is 5.26 Å². The van der Waals surface area contributed by atoms with Crippen molar-refractivity contribution >= 4 is 27.5 Å². The summed E-state index contributed by atoms with van der Waals surface area (Å²) in [7, 11) is 1.39. The van der Waals surface area contributed by atoms with Crippen molar-refractivity contribution in [3.8, 4) is 34.8 Å². The van der Waals surface area contributed by atoms with E-state index in [0.29, 0.717) is 22.0 Å². The third-order valence-corrected chi connectivity index (χ3v) is 4.61. The summed E-state index contributed by atoms with van der Waals surface area (Å²) in [5, 5.41) is 19.7. The summed E-state index contributed by atoms with van der Waals surface area (Å²) in [6.45, 7) is 4.86. The van der Waals surface area contributed by atoms with Crippen molar-refractivity contribution in [2.75, 3.05) is 13.7 Å². The number of carbonyl (C=O) groups is 1. The monoisotopic (exact) mass is 428 g/mol. The van der Waals surface area contributed by atoms with Gasteiger partial charge in [-0.05, 0) is 32.9 Å². The number of fused-ring (bicyclic) bond motifs is 1. The Balaban J connectivity index is 1.82. The SMILES string of the molecule is COc1cc(Oc2ccc3nc(C#N)sc3c2)cc(OCC(=O)OC(C)(C)C)c1O. The molecule has 0 aliphatic carbocycles. The van der Waals surface area contributed by atoms with Crippen LogP contribution in [0, 0.1) is 11.3 Å². The van der Waals surface area contributed by atoms with Crippen LogP contribution in [0.4, 0.5) is 0 Å². The molecule has 0 radical (unpaired) electrons. The number of aromatic nitrogens is 1. The van der Waals surface area contributed by atoms with Gasteiger partial charge in [0.1, 0.15) is 23.2 Å². The van der Waals surface area contributed by atoms with E-state index in [1.165, 1.54) is 30.6 Å². The zero-order valence-corrected chi connectivity index (χ0v) is 17.7. The second kappa shape index (κ2) is 8.47. The first-order valence-corrected chi connectivity index (χ1v) is 9.74. The number of phenolic OH excluding ortho intramolecular Hbond substituents is 1. The zero-order valence-electron chi connectivity index (χ0n) is 16.9. The minimum absolute atomic E-state index is 0.0147. The molecule has 3 aromatic rings. The van der Waals surface area contributed by atoms with E-state index in [0.717, 1.165) is 4.70 Å². The van der Waals surface area contributed by atoms with Crippen LogP contribution in [0.5, 0.6) is 28.7 Å². The third-order valence-electron chi connectivity index (χ3n) is 3.69. The van der Waals surface area contributed by atoms with Crippen LogP contribution in [0.2, 0.25) is 0 Å². The lowest BCUT2D eigenvalue weighted by molar-refractivity contribution is -0.157. The minimum Gasteiger partial charge on any atom is -0.502 e. The molecule has 1 N–H and O–H groups in total. The predicted molar refractivity (Wildman–Crippen MR) is 110 cm³/mol. The van der Waals surface area contributed by atoms with Gasteiger partial charge in [0.25, 0.3) is 0 Å². The second-order valence-corrected chi connectivity index (χ2v) is 8.24. The largest absolute Gasteiger partial charge is 0.502 e. The van der Waals surface area contributed by atoms with Crippen LogP contribution in [-0.2, 0) is 9.53 Å². The van der Waals surface area contributed by atoms with Crippen molar-refractivity contribution in [1.82, 2.24) is 4.98 Å². The number of ether oxygens (including phenoxy) is 4. The highest BCUT2D eigenvalue weighted by molar-refractivity contribution is 7.19. The van der Waals surface area contributed by atoms with Gasteiger partial charge in [0.05, 0.1) is 17.3 Å². The lowest BCUT2D eigenvalue weighted by atomic mass is 10.2. The van der Waals surface area contributed by atoms with E-state index >= 15 is 0 Å². The molecular formula is C21H20N2O6S. The molecule has 0 aliphatic heterocycles. The van der Waals surface area contributed by atoms with E-state index in [4.69, 9.17) is 24.2 Å². The van der Waals surface area contributed by atoms with Crippen LogP contribution in [0.1, 0.15) is 25.8 Å². The Morgan fingerprint density at radius 3 is 2.60 bits per heavy atom. The fourth-order valence-electron chi connectivity index (χ4n) is 2.54. The number of hydrogen-bond donors (Lipinski definition) is 1. The molecule has 8 nitrogen and oxygen atoms in total. The highest BCUT2D eigenvalue weighted by Gasteiger charge is 2.19. The molecule has 1 aromatic heterocycles. The molecule has 2 aromatic carbocycles. The Bertz CT molecular complexity index is 1130. The molecule has 3 rings (SSSR count). The molecule has 0 saturated heterocycles. The third kappa shape index (κ3) is 5.10. The number of nitrogens with zero attached hydrogens (tertiary/aromatic N) is 2. The highest BCUT2D eigenvalue weighted by Crippen LogP contribution is 2.41. The fourth-order valence-corrected chi connectivity index (χ4v) is 3.33. The lowest BCUT2D eigenvalue weighted by Crippen LogP contribution is -2.27. The summed E-state index contributed by atoms with van der Waals surface area (Å²) in [4.78, 5) is 16.1. The smallest absolute Gasteiger partial charge is 0.344 e. The molecule has 9 heteroatoms. The van der Waals surface area contributed by atoms with E-state index in [1.807, 2.05) is 6.07 Å². The summed E-state index contributed by atoms with van der Waals surface area (Å²) in [5.41, 5.74) is 0.0554. The average molecular weight is 428 g/mol. The van der Waals surface area contributed by atoms with E-state index in [9.17, 15) is 9.90 Å². The van der Waals surface area contributed by atoms with Gasteiger partial charge < -0.3 is 24.1 Å². The fraction of sp³-hybridized carbons (Fsp3) is 0.286. The van der Waals surface area contributed by atoms with E-state index < -0.39 is 11.6 Å². The number of phenols is 1. The number of thiazole rings is 1. The second-order valence-electron chi connectivity index (χ2n) is 7.21. The number of carbonyl (C=O) groups excluding carboxylic acids is 1. The van der Waals surface area contributed by atoms with Crippen LogP contribution in [0.3, 0.4) is 0 Å². The van der Waals surface area contributed by atoms with Gasteiger partial charge in [-0.1, -0.05) is 0 Å². The maximum Gasteiger partial charge on any atom is 0.344 e. The van der Waals surface area contributed by atoms with Gasteiger partial charge in [-0.3, -0.25) is 0 Å². The molecule has 0 unspecified atom stereocenters. The average Bonchev–Trinajstić information content (AvgIpc) is 3.09. The van der Waals surface area contributed by atoms with Crippen molar-refractivity contribution < 1.29 is 28.8 Å². The first-order valence-electron chi connectivity index (χ1n) is 8.92. The molecule has 1 heterocycles. The number of rotatable bonds is 6. The molecule has 0 saturated carbocycles. The Morgan fingerprint density at radius 2 is 1.93 bits per heavy atom. The molecular weight excluding hydrogens is 408 g/mol. The molecule has 0 spiro atoms. The van der Waals surface area contributed by atoms with Gasteiger partial charge in [0, 0.05) is 18.2 Å². The predicted octanol–water partition coefficient (Wildman–Crippen LogP) is 4.39. The van der Waals surface area contributed by atoms with Gasteiger partial charge >= 0.3 is 5.97 Å². The maximum absolute atomic E-state index is 11.9. The van der Waals surface area contributed by atoms with Crippen molar-refractivity contribution in [2.45, 2.75) is 26.4 Å². The number of nitriles is 1. The standard InChI is InChI=1S/C21H20N2O6S/c1-21(2,3)29-19(24)11-27-16-8-13(7-15(26-4)20(16)25)28-12-5-6-14-17(9-12)30-18(10-22)23-14/h5-9,25H,11H2,1-4H3. The molecule has 156 valence electrons. The highest BCUT2D eigenvalue weighted by atomic mass is 32.1. The van der Waals surface area contributed by atoms with Crippen molar-refractivity contribution in [3.05, 3.63) is 35.3 Å². The molecule has 0 atom stereocenters. The Hall–Kier alpha value is -3.51. The summed E-state index contributed by atoms with van der Waals surface area (Å²) in [6.07, 6.45) is 0. The topological polar surface area (TPSA) is 111 Å². The van der Waals surface area contributed by atoms with Crippen LogP contribution >= 0.6 is 11.3 Å². The molecule has 0 bridgehead atoms. The minimum atomic E-state index is -0.647. The first kappa shape index (κ1) is 21.2. The lowest BCUT2D eigenvalue weighted by Gasteiger charge is -2.20. The normalized spacial score (nSPS) is 11.0. The van der Waals surface area contributed by atoms with E-state index in [-0.39, 0.29) is 23.9 Å². The number of esters is 1. The quantitative estimate of drug-likeness (QED) is 0.575.